The number of hydrogen-bond acceptors (Lipinski definition) is 4. The number of non-ortho nitro benzene ring substituents is 1. The maximum absolute atomic E-state index is 13.1. The molecule has 0 fully saturated rings. The summed E-state index contributed by atoms with van der Waals surface area (Å²) in [6, 6.07) is 13.3. The molecule has 9 heteroatoms. The Morgan fingerprint density at radius 3 is 2.45 bits per heavy atom. The van der Waals surface area contributed by atoms with Gasteiger partial charge in [-0.25, -0.2) is 0 Å². The molecule has 0 aromatic heterocycles. The second-order valence-corrected chi connectivity index (χ2v) is 8.05. The van der Waals surface area contributed by atoms with Crippen LogP contribution in [0, 0.1) is 10.1 Å². The summed E-state index contributed by atoms with van der Waals surface area (Å²) < 4.78 is 0.892. The third kappa shape index (κ3) is 4.15. The number of carbonyl (C=O) groups excluding carboxylic acids is 1. The van der Waals surface area contributed by atoms with Gasteiger partial charge in [0.15, 0.2) is 5.11 Å². The number of halogens is 1. The molecule has 1 heterocycles. The van der Waals surface area contributed by atoms with Gasteiger partial charge in [0.25, 0.3) is 11.6 Å². The van der Waals surface area contributed by atoms with Gasteiger partial charge >= 0.3 is 0 Å². The molecule has 0 radical (unpaired) electrons. The van der Waals surface area contributed by atoms with Gasteiger partial charge in [0, 0.05) is 42.1 Å². The highest BCUT2D eigenvalue weighted by molar-refractivity contribution is 9.10. The summed E-state index contributed by atoms with van der Waals surface area (Å²) in [5.74, 6) is -0.166. The molecule has 0 saturated heterocycles. The summed E-state index contributed by atoms with van der Waals surface area (Å²) in [5, 5.41) is 14.6. The molecule has 0 saturated carbocycles. The van der Waals surface area contributed by atoms with E-state index >= 15 is 0 Å². The van der Waals surface area contributed by atoms with E-state index in [4.69, 9.17) is 12.2 Å². The molecule has 1 aliphatic heterocycles. The van der Waals surface area contributed by atoms with Crippen LogP contribution in [0.5, 0.6) is 0 Å². The van der Waals surface area contributed by atoms with Crippen LogP contribution in [0.2, 0.25) is 0 Å². The molecule has 2 aromatic rings. The average Bonchev–Trinajstić information content (AvgIpc) is 2.67. The second-order valence-electron chi connectivity index (χ2n) is 6.75. The SMILES string of the molecule is CC1=C(C(=O)N(C)C)C(c2ccc([N+](=O)[O-])cc2)NC(=S)N1c1cccc(Br)c1. The van der Waals surface area contributed by atoms with Crippen LogP contribution >= 0.6 is 28.1 Å². The molecule has 0 aliphatic carbocycles. The lowest BCUT2D eigenvalue weighted by molar-refractivity contribution is -0.384. The Balaban J connectivity index is 2.13. The monoisotopic (exact) mass is 474 g/mol. The molecule has 1 amide bonds. The van der Waals surface area contributed by atoms with Crippen LogP contribution in [0.1, 0.15) is 18.5 Å². The Morgan fingerprint density at radius 2 is 1.90 bits per heavy atom. The average molecular weight is 475 g/mol. The second kappa shape index (κ2) is 8.30. The number of hydrogen-bond donors (Lipinski definition) is 1. The van der Waals surface area contributed by atoms with Crippen LogP contribution in [-0.2, 0) is 4.79 Å². The predicted molar refractivity (Wildman–Crippen MR) is 120 cm³/mol. The Labute approximate surface area is 182 Å². The highest BCUT2D eigenvalue weighted by atomic mass is 79.9. The number of thiocarbonyl (C=S) groups is 1. The van der Waals surface area contributed by atoms with Crippen molar-refractivity contribution in [1.29, 1.82) is 0 Å². The van der Waals surface area contributed by atoms with Crippen LogP contribution in [0.25, 0.3) is 0 Å². The zero-order valence-corrected chi connectivity index (χ0v) is 18.5. The Hall–Kier alpha value is -2.78. The van der Waals surface area contributed by atoms with Crippen molar-refractivity contribution in [2.75, 3.05) is 19.0 Å². The van der Waals surface area contributed by atoms with Crippen molar-refractivity contribution in [2.45, 2.75) is 13.0 Å². The number of allylic oxidation sites excluding steroid dienone is 1. The number of rotatable bonds is 4. The number of nitro groups is 1. The van der Waals surface area contributed by atoms with Crippen molar-refractivity contribution < 1.29 is 9.72 Å². The van der Waals surface area contributed by atoms with Gasteiger partial charge in [0.05, 0.1) is 16.5 Å². The van der Waals surface area contributed by atoms with E-state index in [2.05, 4.69) is 21.2 Å². The van der Waals surface area contributed by atoms with Crippen molar-refractivity contribution in [2.24, 2.45) is 0 Å². The van der Waals surface area contributed by atoms with Gasteiger partial charge in [-0.15, -0.1) is 0 Å². The number of benzene rings is 2. The highest BCUT2D eigenvalue weighted by Gasteiger charge is 2.35. The number of carbonyl (C=O) groups is 1. The summed E-state index contributed by atoms with van der Waals surface area (Å²) in [4.78, 5) is 26.9. The molecule has 1 unspecified atom stereocenters. The van der Waals surface area contributed by atoms with E-state index in [0.29, 0.717) is 16.4 Å². The topological polar surface area (TPSA) is 78.7 Å². The normalized spacial score (nSPS) is 16.5. The molecule has 0 spiro atoms. The largest absolute Gasteiger partial charge is 0.351 e. The van der Waals surface area contributed by atoms with Crippen molar-refractivity contribution in [3.05, 3.63) is 80.0 Å². The van der Waals surface area contributed by atoms with E-state index < -0.39 is 11.0 Å². The lowest BCUT2D eigenvalue weighted by Gasteiger charge is -2.38. The number of anilines is 1. The van der Waals surface area contributed by atoms with E-state index in [0.717, 1.165) is 15.7 Å². The molecule has 1 N–H and O–H groups in total. The zero-order chi connectivity index (χ0) is 21.3. The van der Waals surface area contributed by atoms with Gasteiger partial charge in [-0.1, -0.05) is 22.0 Å². The summed E-state index contributed by atoms with van der Waals surface area (Å²) in [5.41, 5.74) is 2.76. The minimum absolute atomic E-state index is 0.0101. The third-order valence-corrected chi connectivity index (χ3v) is 5.42. The number of nitro benzene ring substituents is 1. The van der Waals surface area contributed by atoms with E-state index in [-0.39, 0.29) is 11.6 Å². The van der Waals surface area contributed by atoms with Crippen molar-refractivity contribution >= 4 is 50.5 Å². The van der Waals surface area contributed by atoms with E-state index in [1.807, 2.05) is 36.1 Å². The Bertz CT molecular complexity index is 1020. The standard InChI is InChI=1S/C20H19BrN4O3S/c1-12-17(19(26)23(2)3)18(13-7-9-15(10-8-13)25(27)28)22-20(29)24(12)16-6-4-5-14(21)11-16/h4-11,18H,1-3H3,(H,22,29). The number of nitrogens with zero attached hydrogens (tertiary/aromatic N) is 3. The van der Waals surface area contributed by atoms with Crippen LogP contribution in [-0.4, -0.2) is 34.9 Å². The molecular formula is C20H19BrN4O3S. The van der Waals surface area contributed by atoms with Crippen molar-refractivity contribution in [3.63, 3.8) is 0 Å². The lowest BCUT2D eigenvalue weighted by Crippen LogP contribution is -2.49. The Morgan fingerprint density at radius 1 is 1.24 bits per heavy atom. The van der Waals surface area contributed by atoms with E-state index in [1.165, 1.54) is 17.0 Å². The first-order chi connectivity index (χ1) is 13.7. The summed E-state index contributed by atoms with van der Waals surface area (Å²) in [7, 11) is 3.37. The minimum Gasteiger partial charge on any atom is -0.351 e. The molecule has 1 aliphatic rings. The third-order valence-electron chi connectivity index (χ3n) is 4.63. The van der Waals surface area contributed by atoms with Crippen LogP contribution < -0.4 is 10.2 Å². The van der Waals surface area contributed by atoms with E-state index in [1.54, 1.807) is 26.2 Å². The molecule has 3 rings (SSSR count). The van der Waals surface area contributed by atoms with Gasteiger partial charge < -0.3 is 10.2 Å². The lowest BCUT2D eigenvalue weighted by atomic mass is 9.93. The minimum atomic E-state index is -0.512. The van der Waals surface area contributed by atoms with Gasteiger partial charge in [0.1, 0.15) is 0 Å². The quantitative estimate of drug-likeness (QED) is 0.407. The van der Waals surface area contributed by atoms with Crippen LogP contribution in [0.15, 0.2) is 64.3 Å². The van der Waals surface area contributed by atoms with Crippen molar-refractivity contribution in [3.8, 4) is 0 Å². The highest BCUT2D eigenvalue weighted by Crippen LogP contribution is 2.35. The maximum Gasteiger partial charge on any atom is 0.269 e. The summed E-state index contributed by atoms with van der Waals surface area (Å²) in [6.45, 7) is 1.85. The van der Waals surface area contributed by atoms with Crippen LogP contribution in [0.4, 0.5) is 11.4 Å². The predicted octanol–water partition coefficient (Wildman–Crippen LogP) is 4.16. The maximum atomic E-state index is 13.1. The van der Waals surface area contributed by atoms with Crippen molar-refractivity contribution in [1.82, 2.24) is 10.2 Å². The Kier molecular flexibility index (Phi) is 5.99. The molecule has 2 aromatic carbocycles. The first-order valence-corrected chi connectivity index (χ1v) is 9.93. The fourth-order valence-corrected chi connectivity index (χ4v) is 3.97. The van der Waals surface area contributed by atoms with Gasteiger partial charge in [0.2, 0.25) is 0 Å². The van der Waals surface area contributed by atoms with Gasteiger partial charge in [-0.3, -0.25) is 19.8 Å². The first kappa shape index (κ1) is 20.9. The molecule has 150 valence electrons. The van der Waals surface area contributed by atoms with E-state index in [9.17, 15) is 14.9 Å². The first-order valence-electron chi connectivity index (χ1n) is 8.73. The summed E-state index contributed by atoms with van der Waals surface area (Å²) in [6.07, 6.45) is 0. The fraction of sp³-hybridized carbons (Fsp3) is 0.200. The molecule has 0 bridgehead atoms. The van der Waals surface area contributed by atoms with Crippen LogP contribution in [0.3, 0.4) is 0 Å². The van der Waals surface area contributed by atoms with Gasteiger partial charge in [-0.2, -0.15) is 0 Å². The molecule has 29 heavy (non-hydrogen) atoms. The fourth-order valence-electron chi connectivity index (χ4n) is 3.23. The number of amides is 1. The summed E-state index contributed by atoms with van der Waals surface area (Å²) >= 11 is 9.08. The van der Waals surface area contributed by atoms with Gasteiger partial charge in [-0.05, 0) is 55.0 Å². The molecular weight excluding hydrogens is 456 g/mol. The smallest absolute Gasteiger partial charge is 0.269 e. The molecule has 1 atom stereocenters. The number of nitrogens with one attached hydrogen (secondary N) is 1. The zero-order valence-electron chi connectivity index (χ0n) is 16.0. The molecule has 7 nitrogen and oxygen atoms in total. The number of likely N-dealkylation sites (N-methyl/N-ethyl adjacent to an activating group) is 1.